The van der Waals surface area contributed by atoms with Crippen molar-refractivity contribution < 1.29 is 0 Å². The first-order valence-electron chi connectivity index (χ1n) is 6.47. The maximum absolute atomic E-state index is 3.69. The van der Waals surface area contributed by atoms with E-state index in [1.807, 2.05) is 0 Å². The molecule has 0 fully saturated rings. The van der Waals surface area contributed by atoms with Crippen LogP contribution in [0.4, 0.5) is 0 Å². The van der Waals surface area contributed by atoms with Crippen molar-refractivity contribution in [3.63, 3.8) is 0 Å². The predicted octanol–water partition coefficient (Wildman–Crippen LogP) is 6.43. The largest absolute Gasteiger partial charge is 0.306 e. The molecule has 108 valence electrons. The maximum Gasteiger partial charge on any atom is 0.0761 e. The van der Waals surface area contributed by atoms with Gasteiger partial charge in [0.15, 0.2) is 0 Å². The van der Waals surface area contributed by atoms with Gasteiger partial charge >= 0.3 is 0 Å². The van der Waals surface area contributed by atoms with Gasteiger partial charge in [0.2, 0.25) is 0 Å². The number of hydrogen-bond acceptors (Lipinski definition) is 2. The summed E-state index contributed by atoms with van der Waals surface area (Å²) in [5.41, 5.74) is 3.91. The van der Waals surface area contributed by atoms with Gasteiger partial charge in [-0.3, -0.25) is 0 Å². The average Bonchev–Trinajstić information content (AvgIpc) is 2.71. The fourth-order valence-electron chi connectivity index (χ4n) is 2.19. The molecule has 0 saturated heterocycles. The summed E-state index contributed by atoms with van der Waals surface area (Å²) < 4.78 is 3.45. The van der Waals surface area contributed by atoms with E-state index in [0.717, 1.165) is 21.2 Å². The number of aryl methyl sites for hydroxylation is 1. The highest BCUT2D eigenvalue weighted by molar-refractivity contribution is 9.12. The van der Waals surface area contributed by atoms with Crippen LogP contribution in [0.2, 0.25) is 0 Å². The number of halogens is 3. The molecule has 2 aromatic rings. The monoisotopic (exact) mass is 479 g/mol. The Morgan fingerprint density at radius 3 is 2.45 bits per heavy atom. The van der Waals surface area contributed by atoms with Crippen LogP contribution < -0.4 is 5.32 Å². The van der Waals surface area contributed by atoms with Crippen molar-refractivity contribution in [1.82, 2.24) is 5.32 Å². The second-order valence-corrected chi connectivity index (χ2v) is 9.33. The number of thiophene rings is 1. The highest BCUT2D eigenvalue weighted by atomic mass is 79.9. The lowest BCUT2D eigenvalue weighted by atomic mass is 9.97. The molecule has 0 radical (unpaired) electrons. The van der Waals surface area contributed by atoms with Crippen molar-refractivity contribution >= 4 is 59.1 Å². The van der Waals surface area contributed by atoms with Crippen molar-refractivity contribution in [2.24, 2.45) is 0 Å². The van der Waals surface area contributed by atoms with Gasteiger partial charge in [-0.2, -0.15) is 0 Å². The van der Waals surface area contributed by atoms with Gasteiger partial charge in [-0.05, 0) is 86.6 Å². The van der Waals surface area contributed by atoms with Crippen LogP contribution in [0, 0.1) is 6.92 Å². The molecule has 2 rings (SSSR count). The Morgan fingerprint density at radius 1 is 1.15 bits per heavy atom. The SMILES string of the molecule is CCCNC(c1ccc(Br)cc1C)c1cc(Br)sc1Br. The fraction of sp³-hybridized carbons (Fsp3) is 0.333. The topological polar surface area (TPSA) is 12.0 Å². The predicted molar refractivity (Wildman–Crippen MR) is 98.7 cm³/mol. The summed E-state index contributed by atoms with van der Waals surface area (Å²) in [4.78, 5) is 0. The van der Waals surface area contributed by atoms with E-state index >= 15 is 0 Å². The quantitative estimate of drug-likeness (QED) is 0.518. The summed E-state index contributed by atoms with van der Waals surface area (Å²) in [5, 5.41) is 3.66. The summed E-state index contributed by atoms with van der Waals surface area (Å²) in [6, 6.07) is 8.90. The van der Waals surface area contributed by atoms with Gasteiger partial charge in [-0.1, -0.05) is 28.9 Å². The van der Waals surface area contributed by atoms with Crippen LogP contribution in [0.5, 0.6) is 0 Å². The number of rotatable bonds is 5. The minimum absolute atomic E-state index is 0.222. The van der Waals surface area contributed by atoms with Gasteiger partial charge in [0.25, 0.3) is 0 Å². The van der Waals surface area contributed by atoms with E-state index in [4.69, 9.17) is 0 Å². The molecule has 0 spiro atoms. The molecule has 20 heavy (non-hydrogen) atoms. The zero-order valence-corrected chi connectivity index (χ0v) is 16.9. The molecule has 1 aromatic carbocycles. The van der Waals surface area contributed by atoms with E-state index in [1.165, 1.54) is 20.5 Å². The molecule has 0 aliphatic heterocycles. The first kappa shape index (κ1) is 16.7. The minimum Gasteiger partial charge on any atom is -0.306 e. The number of hydrogen-bond donors (Lipinski definition) is 1. The Balaban J connectivity index is 2.44. The summed E-state index contributed by atoms with van der Waals surface area (Å²) in [5.74, 6) is 0. The van der Waals surface area contributed by atoms with Crippen molar-refractivity contribution in [2.75, 3.05) is 6.54 Å². The lowest BCUT2D eigenvalue weighted by Gasteiger charge is -2.21. The standard InChI is InChI=1S/C15H16Br3NS/c1-3-6-19-14(12-8-13(17)20-15(12)18)11-5-4-10(16)7-9(11)2/h4-5,7-8,14,19H,3,6H2,1-2H3. The van der Waals surface area contributed by atoms with Crippen LogP contribution in [-0.2, 0) is 0 Å². The van der Waals surface area contributed by atoms with Gasteiger partial charge in [-0.25, -0.2) is 0 Å². The van der Waals surface area contributed by atoms with Crippen molar-refractivity contribution in [2.45, 2.75) is 26.3 Å². The molecule has 1 N–H and O–H groups in total. The molecule has 1 aromatic heterocycles. The van der Waals surface area contributed by atoms with E-state index in [1.54, 1.807) is 11.3 Å². The van der Waals surface area contributed by atoms with Crippen LogP contribution in [0.1, 0.15) is 36.1 Å². The van der Waals surface area contributed by atoms with Crippen LogP contribution >= 0.6 is 59.1 Å². The van der Waals surface area contributed by atoms with E-state index in [-0.39, 0.29) is 6.04 Å². The lowest BCUT2D eigenvalue weighted by Crippen LogP contribution is -2.23. The zero-order chi connectivity index (χ0) is 14.7. The Hall–Kier alpha value is 0.320. The molecule has 1 atom stereocenters. The van der Waals surface area contributed by atoms with Crippen molar-refractivity contribution in [3.05, 3.63) is 53.0 Å². The Bertz CT molecular complexity index is 595. The molecular weight excluding hydrogens is 466 g/mol. The summed E-state index contributed by atoms with van der Waals surface area (Å²) in [6.45, 7) is 5.35. The van der Waals surface area contributed by atoms with Crippen molar-refractivity contribution in [3.8, 4) is 0 Å². The van der Waals surface area contributed by atoms with Gasteiger partial charge in [-0.15, -0.1) is 11.3 Å². The van der Waals surface area contributed by atoms with Crippen molar-refractivity contribution in [1.29, 1.82) is 0 Å². The van der Waals surface area contributed by atoms with Crippen LogP contribution in [-0.4, -0.2) is 6.54 Å². The number of nitrogens with one attached hydrogen (secondary N) is 1. The molecule has 0 aliphatic carbocycles. The summed E-state index contributed by atoms with van der Waals surface area (Å²) in [6.07, 6.45) is 1.12. The first-order chi connectivity index (χ1) is 9.52. The molecule has 1 unspecified atom stereocenters. The molecule has 0 aliphatic rings. The molecule has 0 saturated carbocycles. The smallest absolute Gasteiger partial charge is 0.0761 e. The van der Waals surface area contributed by atoms with Crippen LogP contribution in [0.15, 0.2) is 36.3 Å². The summed E-state index contributed by atoms with van der Waals surface area (Å²) in [7, 11) is 0. The van der Waals surface area contributed by atoms with E-state index in [0.29, 0.717) is 0 Å². The highest BCUT2D eigenvalue weighted by Crippen LogP contribution is 2.38. The van der Waals surface area contributed by atoms with E-state index in [9.17, 15) is 0 Å². The average molecular weight is 482 g/mol. The van der Waals surface area contributed by atoms with E-state index < -0.39 is 0 Å². The van der Waals surface area contributed by atoms with E-state index in [2.05, 4.69) is 91.2 Å². The zero-order valence-electron chi connectivity index (χ0n) is 11.3. The third-order valence-electron chi connectivity index (χ3n) is 3.14. The second kappa shape index (κ2) is 7.54. The maximum atomic E-state index is 3.69. The van der Waals surface area contributed by atoms with Gasteiger partial charge in [0, 0.05) is 4.47 Å². The Morgan fingerprint density at radius 2 is 1.90 bits per heavy atom. The van der Waals surface area contributed by atoms with Gasteiger partial charge in [0.1, 0.15) is 0 Å². The number of benzene rings is 1. The molecule has 1 heterocycles. The fourth-order valence-corrected chi connectivity index (χ4v) is 5.57. The van der Waals surface area contributed by atoms with Crippen LogP contribution in [0.25, 0.3) is 0 Å². The summed E-state index contributed by atoms with van der Waals surface area (Å²) >= 11 is 12.5. The van der Waals surface area contributed by atoms with Gasteiger partial charge in [0.05, 0.1) is 13.6 Å². The Labute approximate surface area is 149 Å². The third kappa shape index (κ3) is 3.95. The molecule has 0 amide bonds. The molecular formula is C15H16Br3NS. The lowest BCUT2D eigenvalue weighted by molar-refractivity contribution is 0.596. The normalized spacial score (nSPS) is 12.7. The molecule has 0 bridgehead atoms. The molecule has 5 heteroatoms. The van der Waals surface area contributed by atoms with Crippen LogP contribution in [0.3, 0.4) is 0 Å². The highest BCUT2D eigenvalue weighted by Gasteiger charge is 2.20. The third-order valence-corrected chi connectivity index (χ3v) is 6.01. The Kier molecular flexibility index (Phi) is 6.29. The first-order valence-corrected chi connectivity index (χ1v) is 9.66. The molecule has 1 nitrogen and oxygen atoms in total. The second-order valence-electron chi connectivity index (χ2n) is 4.67. The van der Waals surface area contributed by atoms with Gasteiger partial charge < -0.3 is 5.32 Å². The minimum atomic E-state index is 0.222.